The van der Waals surface area contributed by atoms with Gasteiger partial charge in [-0.15, -0.1) is 0 Å². The van der Waals surface area contributed by atoms with Crippen molar-refractivity contribution >= 4 is 20.1 Å². The van der Waals surface area contributed by atoms with Crippen LogP contribution in [0.1, 0.15) is 13.8 Å². The fourth-order valence-electron chi connectivity index (χ4n) is 0.333. The van der Waals surface area contributed by atoms with E-state index in [1.165, 1.54) is 12.0 Å². The molecule has 0 spiro atoms. The molecule has 0 aromatic carbocycles. The van der Waals surface area contributed by atoms with E-state index in [9.17, 15) is 0 Å². The molecule has 0 saturated heterocycles. The molecule has 0 amide bonds. The predicted molar refractivity (Wildman–Crippen MR) is 52.0 cm³/mol. The van der Waals surface area contributed by atoms with Gasteiger partial charge in [0.05, 0.1) is 13.3 Å². The summed E-state index contributed by atoms with van der Waals surface area (Å²) in [6.45, 7) is 11.3. The molecule has 0 heterocycles. The second-order valence-electron chi connectivity index (χ2n) is 4.01. The van der Waals surface area contributed by atoms with Gasteiger partial charge in [0.15, 0.2) is 0 Å². The van der Waals surface area contributed by atoms with E-state index in [4.69, 9.17) is 4.18 Å². The van der Waals surface area contributed by atoms with E-state index in [2.05, 4.69) is 33.5 Å². The summed E-state index contributed by atoms with van der Waals surface area (Å²) < 4.78 is 5.57. The lowest BCUT2D eigenvalue weighted by atomic mass is 10.5. The van der Waals surface area contributed by atoms with Crippen LogP contribution in [0.2, 0.25) is 19.6 Å². The molecule has 0 unspecified atom stereocenters. The Morgan fingerprint density at radius 3 is 1.70 bits per heavy atom. The Morgan fingerprint density at radius 2 is 1.60 bits per heavy atom. The van der Waals surface area contributed by atoms with E-state index in [-0.39, 0.29) is 5.22 Å². The van der Waals surface area contributed by atoms with Crippen molar-refractivity contribution < 1.29 is 4.18 Å². The van der Waals surface area contributed by atoms with Crippen molar-refractivity contribution in [1.29, 1.82) is 0 Å². The van der Waals surface area contributed by atoms with Gasteiger partial charge in [-0.25, -0.2) is 0 Å². The largest absolute Gasteiger partial charge is 0.313 e. The quantitative estimate of drug-likeness (QED) is 0.485. The Kier molecular flexibility index (Phi) is 3.46. The molecule has 0 aliphatic rings. The van der Waals surface area contributed by atoms with Gasteiger partial charge in [-0.1, -0.05) is 19.6 Å². The van der Waals surface area contributed by atoms with Gasteiger partial charge in [-0.2, -0.15) is 0 Å². The van der Waals surface area contributed by atoms with Gasteiger partial charge in [0, 0.05) is 6.26 Å². The molecule has 0 atom stereocenters. The molecule has 0 aliphatic heterocycles. The molecule has 0 fully saturated rings. The highest BCUT2D eigenvalue weighted by Crippen LogP contribution is 2.27. The highest BCUT2D eigenvalue weighted by Gasteiger charge is 2.35. The standard InChI is InChI=1S/C7H18OSSi/c1-7(2,8-9-3)10(4,5)6/h1-6H3. The SMILES string of the molecule is CSOC(C)(C)[Si](C)(C)C. The summed E-state index contributed by atoms with van der Waals surface area (Å²) in [7, 11) is -1.15. The highest BCUT2D eigenvalue weighted by atomic mass is 32.2. The predicted octanol–water partition coefficient (Wildman–Crippen LogP) is 2.94. The lowest BCUT2D eigenvalue weighted by Gasteiger charge is -2.35. The van der Waals surface area contributed by atoms with Crippen molar-refractivity contribution in [1.82, 2.24) is 0 Å². The van der Waals surface area contributed by atoms with Gasteiger partial charge in [-0.05, 0) is 25.9 Å². The summed E-state index contributed by atoms with van der Waals surface area (Å²) in [6.07, 6.45) is 1.97. The van der Waals surface area contributed by atoms with Crippen LogP contribution in [0.3, 0.4) is 0 Å². The topological polar surface area (TPSA) is 9.23 Å². The van der Waals surface area contributed by atoms with E-state index in [1.54, 1.807) is 0 Å². The summed E-state index contributed by atoms with van der Waals surface area (Å²) in [5, 5.41) is 0.0897. The van der Waals surface area contributed by atoms with Crippen LogP contribution >= 0.6 is 12.0 Å². The molecule has 0 N–H and O–H groups in total. The molecular formula is C7H18OSSi. The van der Waals surface area contributed by atoms with Crippen molar-refractivity contribution in [2.24, 2.45) is 0 Å². The van der Waals surface area contributed by atoms with Crippen LogP contribution in [-0.2, 0) is 4.18 Å². The molecule has 0 radical (unpaired) electrons. The third-order valence-corrected chi connectivity index (χ3v) is 6.54. The zero-order valence-corrected chi connectivity index (χ0v) is 9.63. The zero-order chi connectivity index (χ0) is 8.41. The average molecular weight is 178 g/mol. The minimum Gasteiger partial charge on any atom is -0.313 e. The maximum atomic E-state index is 5.57. The van der Waals surface area contributed by atoms with Crippen molar-refractivity contribution in [3.8, 4) is 0 Å². The molecule has 0 aromatic heterocycles. The van der Waals surface area contributed by atoms with E-state index in [1.807, 2.05) is 6.26 Å². The van der Waals surface area contributed by atoms with Gasteiger partial charge in [0.1, 0.15) is 0 Å². The zero-order valence-electron chi connectivity index (χ0n) is 7.82. The molecule has 0 bridgehead atoms. The summed E-state index contributed by atoms with van der Waals surface area (Å²) >= 11 is 1.47. The van der Waals surface area contributed by atoms with E-state index >= 15 is 0 Å². The lowest BCUT2D eigenvalue weighted by molar-refractivity contribution is 0.226. The lowest BCUT2D eigenvalue weighted by Crippen LogP contribution is -2.48. The third-order valence-electron chi connectivity index (χ3n) is 2.10. The van der Waals surface area contributed by atoms with Crippen LogP contribution in [-0.4, -0.2) is 19.6 Å². The minimum atomic E-state index is -1.15. The van der Waals surface area contributed by atoms with Crippen LogP contribution < -0.4 is 0 Å². The first-order valence-corrected chi connectivity index (χ1v) is 8.18. The fraction of sp³-hybridized carbons (Fsp3) is 1.00. The van der Waals surface area contributed by atoms with E-state index in [0.29, 0.717) is 0 Å². The summed E-state index contributed by atoms with van der Waals surface area (Å²) in [4.78, 5) is 0. The van der Waals surface area contributed by atoms with Crippen molar-refractivity contribution in [3.05, 3.63) is 0 Å². The van der Waals surface area contributed by atoms with Crippen LogP contribution in [0.15, 0.2) is 0 Å². The first-order chi connectivity index (χ1) is 4.31. The Hall–Kier alpha value is 0.527. The number of rotatable bonds is 3. The Balaban J connectivity index is 4.10. The maximum absolute atomic E-state index is 5.57. The van der Waals surface area contributed by atoms with Crippen molar-refractivity contribution in [3.63, 3.8) is 0 Å². The molecule has 0 saturated carbocycles. The highest BCUT2D eigenvalue weighted by molar-refractivity contribution is 7.94. The number of hydrogen-bond donors (Lipinski definition) is 0. The van der Waals surface area contributed by atoms with Gasteiger partial charge in [0.2, 0.25) is 0 Å². The maximum Gasteiger partial charge on any atom is 0.0833 e. The first kappa shape index (κ1) is 10.5. The van der Waals surface area contributed by atoms with E-state index < -0.39 is 8.07 Å². The van der Waals surface area contributed by atoms with Gasteiger partial charge < -0.3 is 4.18 Å². The van der Waals surface area contributed by atoms with Crippen LogP contribution in [0.4, 0.5) is 0 Å². The second kappa shape index (κ2) is 3.28. The Bertz CT molecular complexity index is 107. The average Bonchev–Trinajstić information content (AvgIpc) is 1.61. The van der Waals surface area contributed by atoms with Crippen molar-refractivity contribution in [2.45, 2.75) is 38.7 Å². The Labute approximate surface area is 69.8 Å². The van der Waals surface area contributed by atoms with Gasteiger partial charge in [0.25, 0.3) is 0 Å². The molecule has 10 heavy (non-hydrogen) atoms. The fourth-order valence-corrected chi connectivity index (χ4v) is 2.00. The molecular weight excluding hydrogens is 160 g/mol. The summed E-state index contributed by atoms with van der Waals surface area (Å²) in [6, 6.07) is 0. The number of hydrogen-bond acceptors (Lipinski definition) is 2. The minimum absolute atomic E-state index is 0.0897. The summed E-state index contributed by atoms with van der Waals surface area (Å²) in [5.41, 5.74) is 0. The monoisotopic (exact) mass is 178 g/mol. The van der Waals surface area contributed by atoms with E-state index in [0.717, 1.165) is 0 Å². The van der Waals surface area contributed by atoms with Gasteiger partial charge >= 0.3 is 0 Å². The Morgan fingerprint density at radius 1 is 1.20 bits per heavy atom. The smallest absolute Gasteiger partial charge is 0.0833 e. The molecule has 62 valence electrons. The normalized spacial score (nSPS) is 13.8. The molecule has 0 aromatic rings. The van der Waals surface area contributed by atoms with Crippen LogP contribution in [0, 0.1) is 0 Å². The van der Waals surface area contributed by atoms with Crippen LogP contribution in [0.25, 0.3) is 0 Å². The summed E-state index contributed by atoms with van der Waals surface area (Å²) in [5.74, 6) is 0. The van der Waals surface area contributed by atoms with Crippen molar-refractivity contribution in [2.75, 3.05) is 6.26 Å². The molecule has 0 rings (SSSR count). The molecule has 3 heteroatoms. The second-order valence-corrected chi connectivity index (χ2v) is 10.2. The van der Waals surface area contributed by atoms with Gasteiger partial charge in [-0.3, -0.25) is 0 Å². The van der Waals surface area contributed by atoms with Crippen LogP contribution in [0.5, 0.6) is 0 Å². The molecule has 1 nitrogen and oxygen atoms in total. The molecule has 0 aliphatic carbocycles. The third kappa shape index (κ3) is 2.64. The first-order valence-electron chi connectivity index (χ1n) is 3.53.